The van der Waals surface area contributed by atoms with Gasteiger partial charge in [-0.2, -0.15) is 0 Å². The molecular formula is C22H34O4S. The van der Waals surface area contributed by atoms with E-state index >= 15 is 0 Å². The van der Waals surface area contributed by atoms with Crippen molar-refractivity contribution in [2.75, 3.05) is 6.61 Å². The Kier molecular flexibility index (Phi) is 6.91. The van der Waals surface area contributed by atoms with Crippen LogP contribution in [-0.4, -0.2) is 34.1 Å². The molecule has 2 N–H and O–H groups in total. The number of phenols is 1. The molecule has 0 unspecified atom stereocenters. The predicted molar refractivity (Wildman–Crippen MR) is 111 cm³/mol. The highest BCUT2D eigenvalue weighted by Gasteiger charge is 2.30. The molecule has 1 aliphatic carbocycles. The third-order valence-electron chi connectivity index (χ3n) is 5.05. The van der Waals surface area contributed by atoms with Crippen molar-refractivity contribution in [3.05, 3.63) is 23.3 Å². The number of carboxylic acids is 1. The molecule has 1 aromatic rings. The molecule has 4 nitrogen and oxygen atoms in total. The van der Waals surface area contributed by atoms with Crippen LogP contribution in [0.5, 0.6) is 5.75 Å². The van der Waals surface area contributed by atoms with E-state index in [4.69, 9.17) is 9.84 Å². The van der Waals surface area contributed by atoms with Gasteiger partial charge in [-0.25, -0.2) is 4.79 Å². The number of hydrogen-bond acceptors (Lipinski definition) is 4. The van der Waals surface area contributed by atoms with E-state index in [9.17, 15) is 9.90 Å². The van der Waals surface area contributed by atoms with Gasteiger partial charge in [0.2, 0.25) is 0 Å². The SMILES string of the molecule is CC(C)(C)c1cc(S[C@H]2CCCC[C@@H]2OCC(=O)O)cc(C(C)(C)C)c1O. The van der Waals surface area contributed by atoms with E-state index in [1.807, 2.05) is 0 Å². The second-order valence-corrected chi connectivity index (χ2v) is 10.9. The minimum absolute atomic E-state index is 0.0372. The molecule has 0 heterocycles. The quantitative estimate of drug-likeness (QED) is 0.691. The Balaban J connectivity index is 2.35. The average Bonchev–Trinajstić information content (AvgIpc) is 2.53. The maximum atomic E-state index is 10.9. The number of carbonyl (C=O) groups is 1. The number of rotatable bonds is 5. The van der Waals surface area contributed by atoms with Gasteiger partial charge in [0.15, 0.2) is 0 Å². The Bertz CT molecular complexity index is 635. The van der Waals surface area contributed by atoms with Crippen molar-refractivity contribution in [1.29, 1.82) is 0 Å². The van der Waals surface area contributed by atoms with Crippen LogP contribution in [0.3, 0.4) is 0 Å². The maximum Gasteiger partial charge on any atom is 0.329 e. The number of phenolic OH excluding ortho intramolecular Hbond substituents is 1. The minimum Gasteiger partial charge on any atom is -0.507 e. The molecule has 1 aliphatic rings. The van der Waals surface area contributed by atoms with E-state index in [1.165, 1.54) is 0 Å². The Morgan fingerprint density at radius 1 is 1.07 bits per heavy atom. The molecule has 27 heavy (non-hydrogen) atoms. The van der Waals surface area contributed by atoms with Crippen LogP contribution in [0.25, 0.3) is 0 Å². The van der Waals surface area contributed by atoms with E-state index < -0.39 is 5.97 Å². The molecule has 0 amide bonds. The summed E-state index contributed by atoms with van der Waals surface area (Å²) in [5, 5.41) is 20.1. The average molecular weight is 395 g/mol. The summed E-state index contributed by atoms with van der Waals surface area (Å²) in [5.74, 6) is -0.527. The van der Waals surface area contributed by atoms with Crippen molar-refractivity contribution in [3.8, 4) is 5.75 Å². The summed E-state index contributed by atoms with van der Waals surface area (Å²) in [4.78, 5) is 12.0. The van der Waals surface area contributed by atoms with Gasteiger partial charge in [-0.05, 0) is 35.8 Å². The highest BCUT2D eigenvalue weighted by atomic mass is 32.2. The second-order valence-electron chi connectivity index (χ2n) is 9.55. The third kappa shape index (κ3) is 5.89. The van der Waals surface area contributed by atoms with Crippen molar-refractivity contribution < 1.29 is 19.7 Å². The summed E-state index contributed by atoms with van der Waals surface area (Å²) < 4.78 is 5.68. The normalized spacial score (nSPS) is 21.3. The molecule has 0 radical (unpaired) electrons. The van der Waals surface area contributed by atoms with E-state index in [0.717, 1.165) is 41.7 Å². The second kappa shape index (κ2) is 8.44. The molecule has 0 aromatic heterocycles. The Labute approximate surface area is 167 Å². The lowest BCUT2D eigenvalue weighted by atomic mass is 9.79. The molecule has 5 heteroatoms. The van der Waals surface area contributed by atoms with Crippen LogP contribution in [0.4, 0.5) is 0 Å². The number of aliphatic carboxylic acids is 1. The summed E-state index contributed by atoms with van der Waals surface area (Å²) in [5.41, 5.74) is 1.59. The molecule has 1 fully saturated rings. The van der Waals surface area contributed by atoms with Gasteiger partial charge in [0.1, 0.15) is 12.4 Å². The first kappa shape index (κ1) is 22.1. The van der Waals surface area contributed by atoms with Crippen molar-refractivity contribution in [2.24, 2.45) is 0 Å². The van der Waals surface area contributed by atoms with Gasteiger partial charge in [-0.3, -0.25) is 0 Å². The molecule has 2 atom stereocenters. The van der Waals surface area contributed by atoms with E-state index in [2.05, 4.69) is 53.7 Å². The summed E-state index contributed by atoms with van der Waals surface area (Å²) in [6.07, 6.45) is 4.11. The van der Waals surface area contributed by atoms with E-state index in [-0.39, 0.29) is 28.8 Å². The van der Waals surface area contributed by atoms with Gasteiger partial charge in [0.25, 0.3) is 0 Å². The maximum absolute atomic E-state index is 10.9. The number of thioether (sulfide) groups is 1. The first-order valence-electron chi connectivity index (χ1n) is 9.77. The lowest BCUT2D eigenvalue weighted by Crippen LogP contribution is -2.32. The van der Waals surface area contributed by atoms with Gasteiger partial charge in [0, 0.05) is 21.3 Å². The molecule has 0 aliphatic heterocycles. The molecule has 0 bridgehead atoms. The number of hydrogen-bond donors (Lipinski definition) is 2. The summed E-state index contributed by atoms with van der Waals surface area (Å²) >= 11 is 1.76. The van der Waals surface area contributed by atoms with Crippen LogP contribution in [0.1, 0.15) is 78.4 Å². The van der Waals surface area contributed by atoms with Crippen LogP contribution < -0.4 is 0 Å². The van der Waals surface area contributed by atoms with Crippen molar-refractivity contribution in [2.45, 2.75) is 94.3 Å². The molecule has 1 aromatic carbocycles. The van der Waals surface area contributed by atoms with Crippen LogP contribution in [0, 0.1) is 0 Å². The summed E-state index contributed by atoms with van der Waals surface area (Å²) in [6.45, 7) is 12.4. The first-order valence-corrected chi connectivity index (χ1v) is 10.7. The molecule has 2 rings (SSSR count). The van der Waals surface area contributed by atoms with Crippen LogP contribution in [0.15, 0.2) is 17.0 Å². The van der Waals surface area contributed by atoms with Crippen LogP contribution >= 0.6 is 11.8 Å². The molecule has 152 valence electrons. The molecular weight excluding hydrogens is 360 g/mol. The number of aromatic hydroxyl groups is 1. The fourth-order valence-electron chi connectivity index (χ4n) is 3.56. The minimum atomic E-state index is -0.918. The predicted octanol–water partition coefficient (Wildman–Crippen LogP) is 5.49. The highest BCUT2D eigenvalue weighted by molar-refractivity contribution is 8.00. The van der Waals surface area contributed by atoms with E-state index in [0.29, 0.717) is 5.75 Å². The first-order chi connectivity index (χ1) is 12.4. The lowest BCUT2D eigenvalue weighted by molar-refractivity contribution is -0.144. The third-order valence-corrected chi connectivity index (χ3v) is 6.40. The standard InChI is InChI=1S/C22H34O4S/c1-21(2,3)15-11-14(12-16(20(15)25)22(4,5)6)27-18-10-8-7-9-17(18)26-13-19(23)24/h11-12,17-18,25H,7-10,13H2,1-6H3,(H,23,24)/t17-,18-/m0/s1. The molecule has 0 spiro atoms. The summed E-state index contributed by atoms with van der Waals surface area (Å²) in [7, 11) is 0. The van der Waals surface area contributed by atoms with Gasteiger partial charge in [-0.15, -0.1) is 11.8 Å². The van der Waals surface area contributed by atoms with E-state index in [1.54, 1.807) is 11.8 Å². The van der Waals surface area contributed by atoms with Crippen molar-refractivity contribution in [1.82, 2.24) is 0 Å². The number of carboxylic acid groups (broad SMARTS) is 1. The van der Waals surface area contributed by atoms with Gasteiger partial charge < -0.3 is 14.9 Å². The van der Waals surface area contributed by atoms with Crippen molar-refractivity contribution >= 4 is 17.7 Å². The fourth-order valence-corrected chi connectivity index (χ4v) is 4.93. The zero-order valence-corrected chi connectivity index (χ0v) is 18.3. The lowest BCUT2D eigenvalue weighted by Gasteiger charge is -2.32. The Morgan fingerprint density at radius 3 is 2.07 bits per heavy atom. The fraction of sp³-hybridized carbons (Fsp3) is 0.682. The summed E-state index contributed by atoms with van der Waals surface area (Å²) in [6, 6.07) is 4.19. The van der Waals surface area contributed by atoms with Crippen LogP contribution in [-0.2, 0) is 20.4 Å². The Morgan fingerprint density at radius 2 is 1.59 bits per heavy atom. The smallest absolute Gasteiger partial charge is 0.329 e. The molecule has 1 saturated carbocycles. The van der Waals surface area contributed by atoms with Crippen molar-refractivity contribution in [3.63, 3.8) is 0 Å². The van der Waals surface area contributed by atoms with Gasteiger partial charge >= 0.3 is 5.97 Å². The Hall–Kier alpha value is -1.20. The highest BCUT2D eigenvalue weighted by Crippen LogP contribution is 2.44. The largest absolute Gasteiger partial charge is 0.507 e. The molecule has 0 saturated heterocycles. The van der Waals surface area contributed by atoms with Crippen LogP contribution in [0.2, 0.25) is 0 Å². The zero-order valence-electron chi connectivity index (χ0n) is 17.5. The van der Waals surface area contributed by atoms with Gasteiger partial charge in [-0.1, -0.05) is 54.4 Å². The number of ether oxygens (including phenoxy) is 1. The van der Waals surface area contributed by atoms with Gasteiger partial charge in [0.05, 0.1) is 6.10 Å². The monoisotopic (exact) mass is 394 g/mol. The number of benzene rings is 1. The topological polar surface area (TPSA) is 66.8 Å². The zero-order chi connectivity index (χ0) is 20.4.